The first kappa shape index (κ1) is 23.1. The van der Waals surface area contributed by atoms with Crippen molar-refractivity contribution in [3.8, 4) is 17.2 Å². The predicted octanol–water partition coefficient (Wildman–Crippen LogP) is 5.85. The Morgan fingerprint density at radius 3 is 2.30 bits per heavy atom. The van der Waals surface area contributed by atoms with Crippen LogP contribution in [-0.4, -0.2) is 37.3 Å². The maximum Gasteiger partial charge on any atom is 0.258 e. The third kappa shape index (κ3) is 5.13. The predicted molar refractivity (Wildman–Crippen MR) is 132 cm³/mol. The van der Waals surface area contributed by atoms with E-state index in [0.717, 1.165) is 35.8 Å². The highest BCUT2D eigenvalue weighted by atomic mass is 35.5. The molecule has 2 aliphatic heterocycles. The molecule has 2 N–H and O–H groups in total. The van der Waals surface area contributed by atoms with Crippen molar-refractivity contribution in [1.82, 2.24) is 0 Å². The normalized spacial score (nSPS) is 13.9. The second-order valence-corrected chi connectivity index (χ2v) is 8.65. The van der Waals surface area contributed by atoms with Gasteiger partial charge in [-0.3, -0.25) is 4.79 Å². The van der Waals surface area contributed by atoms with Crippen molar-refractivity contribution in [3.05, 3.63) is 75.3 Å². The number of fused-ring (bicyclic) bond motifs is 2. The first-order valence-electron chi connectivity index (χ1n) is 10.5. The van der Waals surface area contributed by atoms with Gasteiger partial charge in [-0.1, -0.05) is 35.3 Å². The number of aryl methyl sites for hydroxylation is 2. The first-order chi connectivity index (χ1) is 15.8. The zero-order valence-electron chi connectivity index (χ0n) is 18.3. The highest BCUT2D eigenvalue weighted by Gasteiger charge is 2.26. The van der Waals surface area contributed by atoms with Crippen molar-refractivity contribution in [1.29, 1.82) is 0 Å². The molecular formula is C25H24Cl2N2O4. The molecule has 8 heteroatoms. The summed E-state index contributed by atoms with van der Waals surface area (Å²) in [4.78, 5) is 14.4. The van der Waals surface area contributed by atoms with Gasteiger partial charge in [0.2, 0.25) is 0 Å². The van der Waals surface area contributed by atoms with E-state index in [-0.39, 0.29) is 21.7 Å². The summed E-state index contributed by atoms with van der Waals surface area (Å²) in [5.41, 5.74) is 4.46. The van der Waals surface area contributed by atoms with Crippen LogP contribution in [0.15, 0.2) is 48.5 Å². The number of carbonyl (C=O) groups excluding carboxylic acids is 1. The van der Waals surface area contributed by atoms with Crippen molar-refractivity contribution in [2.45, 2.75) is 13.8 Å². The lowest BCUT2D eigenvalue weighted by Crippen LogP contribution is -2.38. The maximum absolute atomic E-state index is 12.8. The molecule has 0 spiro atoms. The molecular weight excluding hydrogens is 463 g/mol. The van der Waals surface area contributed by atoms with Crippen LogP contribution in [0, 0.1) is 13.8 Å². The van der Waals surface area contributed by atoms with Gasteiger partial charge >= 0.3 is 0 Å². The Hall–Kier alpha value is -3.09. The number of anilines is 2. The van der Waals surface area contributed by atoms with Crippen molar-refractivity contribution < 1.29 is 19.4 Å². The second-order valence-electron chi connectivity index (χ2n) is 7.84. The molecule has 0 radical (unpaired) electrons. The van der Waals surface area contributed by atoms with Gasteiger partial charge in [0, 0.05) is 12.1 Å². The molecule has 3 aromatic rings. The van der Waals surface area contributed by atoms with Crippen LogP contribution in [0.2, 0.25) is 10.0 Å². The van der Waals surface area contributed by atoms with Crippen LogP contribution < -0.4 is 19.7 Å². The Bertz CT molecular complexity index is 1180. The molecule has 2 aliphatic rings. The number of phenols is 1. The zero-order chi connectivity index (χ0) is 23.5. The highest BCUT2D eigenvalue weighted by Crippen LogP contribution is 2.36. The van der Waals surface area contributed by atoms with E-state index < -0.39 is 0 Å². The van der Waals surface area contributed by atoms with Crippen LogP contribution in [0.3, 0.4) is 0 Å². The molecule has 0 aromatic heterocycles. The number of rotatable bonds is 1. The Morgan fingerprint density at radius 2 is 1.58 bits per heavy atom. The average molecular weight is 487 g/mol. The molecule has 0 atom stereocenters. The summed E-state index contributed by atoms with van der Waals surface area (Å²) in [7, 11) is 0. The van der Waals surface area contributed by atoms with Gasteiger partial charge in [-0.05, 0) is 61.4 Å². The largest absolute Gasteiger partial charge is 0.505 e. The van der Waals surface area contributed by atoms with Gasteiger partial charge in [-0.15, -0.1) is 0 Å². The molecule has 0 saturated carbocycles. The number of carbonyl (C=O) groups is 1. The summed E-state index contributed by atoms with van der Waals surface area (Å²) in [5, 5.41) is 13.0. The van der Waals surface area contributed by atoms with Crippen molar-refractivity contribution in [3.63, 3.8) is 0 Å². The number of ether oxygens (including phenoxy) is 2. The van der Waals surface area contributed by atoms with Gasteiger partial charge in [0.25, 0.3) is 5.91 Å². The molecule has 0 bridgehead atoms. The van der Waals surface area contributed by atoms with E-state index in [1.807, 2.05) is 31.2 Å². The third-order valence-corrected chi connectivity index (χ3v) is 5.87. The molecule has 0 unspecified atom stereocenters. The summed E-state index contributed by atoms with van der Waals surface area (Å²) in [6.07, 6.45) is 0. The fraction of sp³-hybridized carbons (Fsp3) is 0.240. The van der Waals surface area contributed by atoms with Crippen LogP contribution >= 0.6 is 23.2 Å². The summed E-state index contributed by atoms with van der Waals surface area (Å²) in [5.74, 6) is 1.18. The van der Waals surface area contributed by atoms with E-state index in [1.165, 1.54) is 17.7 Å². The Labute approximate surface area is 202 Å². The third-order valence-electron chi connectivity index (χ3n) is 5.30. The summed E-state index contributed by atoms with van der Waals surface area (Å²) < 4.78 is 11.0. The highest BCUT2D eigenvalue weighted by molar-refractivity contribution is 6.37. The lowest BCUT2D eigenvalue weighted by molar-refractivity contribution is 0.0976. The number of nitrogens with zero attached hydrogens (tertiary/aromatic N) is 1. The zero-order valence-corrected chi connectivity index (χ0v) is 19.8. The Morgan fingerprint density at radius 1 is 0.939 bits per heavy atom. The van der Waals surface area contributed by atoms with E-state index >= 15 is 0 Å². The number of phenolic OH excluding ortho intramolecular Hbond substituents is 1. The van der Waals surface area contributed by atoms with E-state index in [0.29, 0.717) is 24.5 Å². The molecule has 3 aromatic carbocycles. The monoisotopic (exact) mass is 486 g/mol. The summed E-state index contributed by atoms with van der Waals surface area (Å²) >= 11 is 11.8. The van der Waals surface area contributed by atoms with Crippen LogP contribution in [0.25, 0.3) is 0 Å². The smallest absolute Gasteiger partial charge is 0.258 e. The fourth-order valence-electron chi connectivity index (χ4n) is 3.64. The summed E-state index contributed by atoms with van der Waals surface area (Å²) in [6.45, 7) is 6.57. The van der Waals surface area contributed by atoms with Gasteiger partial charge in [-0.2, -0.15) is 0 Å². The van der Waals surface area contributed by atoms with Gasteiger partial charge in [-0.25, -0.2) is 0 Å². The van der Waals surface area contributed by atoms with Crippen molar-refractivity contribution in [2.75, 3.05) is 36.5 Å². The van der Waals surface area contributed by atoms with Gasteiger partial charge in [0.15, 0.2) is 5.75 Å². The molecule has 2 heterocycles. The number of aromatic hydroxyl groups is 1. The van der Waals surface area contributed by atoms with Crippen LogP contribution in [0.5, 0.6) is 17.2 Å². The molecule has 0 saturated heterocycles. The van der Waals surface area contributed by atoms with E-state index in [4.69, 9.17) is 32.7 Å². The van der Waals surface area contributed by atoms with E-state index in [1.54, 1.807) is 4.90 Å². The molecule has 172 valence electrons. The molecule has 0 fully saturated rings. The standard InChI is InChI=1S/C16H13Cl2NO3.C9H11NO/c1-9-2-3-14-13(6-9)19(4-5-22-14)16(21)10-7-11(17)15(20)12(18)8-10;1-7-2-3-9-8(6-7)10-4-5-11-9/h2-3,6-8,20H,4-5H2,1H3;2-3,6,10H,4-5H2,1H3. The second kappa shape index (κ2) is 9.81. The van der Waals surface area contributed by atoms with Gasteiger partial charge in [0.05, 0.1) is 28.0 Å². The minimum Gasteiger partial charge on any atom is -0.505 e. The SMILES string of the molecule is Cc1ccc2c(c1)N(C(=O)c1cc(Cl)c(O)c(Cl)c1)CCO2.Cc1ccc2c(c1)NCCO2. The molecule has 6 nitrogen and oxygen atoms in total. The molecule has 1 amide bonds. The average Bonchev–Trinajstić information content (AvgIpc) is 2.81. The molecule has 5 rings (SSSR count). The summed E-state index contributed by atoms with van der Waals surface area (Å²) in [6, 6.07) is 14.7. The van der Waals surface area contributed by atoms with Crippen LogP contribution in [0.1, 0.15) is 21.5 Å². The fourth-order valence-corrected chi connectivity index (χ4v) is 4.13. The van der Waals surface area contributed by atoms with E-state index in [9.17, 15) is 9.90 Å². The first-order valence-corrected chi connectivity index (χ1v) is 11.3. The van der Waals surface area contributed by atoms with Crippen molar-refractivity contribution >= 4 is 40.5 Å². The Balaban J connectivity index is 0.000000196. The molecule has 33 heavy (non-hydrogen) atoms. The van der Waals surface area contributed by atoms with Crippen molar-refractivity contribution in [2.24, 2.45) is 0 Å². The van der Waals surface area contributed by atoms with Crippen LogP contribution in [-0.2, 0) is 0 Å². The number of amides is 1. The number of benzene rings is 3. The minimum atomic E-state index is -0.237. The lowest BCUT2D eigenvalue weighted by Gasteiger charge is -2.30. The van der Waals surface area contributed by atoms with Gasteiger partial charge in [0.1, 0.15) is 24.7 Å². The molecule has 0 aliphatic carbocycles. The number of nitrogens with one attached hydrogen (secondary N) is 1. The van der Waals surface area contributed by atoms with Crippen LogP contribution in [0.4, 0.5) is 11.4 Å². The topological polar surface area (TPSA) is 71.0 Å². The Kier molecular flexibility index (Phi) is 6.86. The lowest BCUT2D eigenvalue weighted by atomic mass is 10.1. The quantitative estimate of drug-likeness (QED) is 0.451. The number of hydrogen-bond donors (Lipinski definition) is 2. The number of halogens is 2. The number of hydrogen-bond acceptors (Lipinski definition) is 5. The maximum atomic E-state index is 12.8. The van der Waals surface area contributed by atoms with E-state index in [2.05, 4.69) is 24.4 Å². The minimum absolute atomic E-state index is 0.0496. The van der Waals surface area contributed by atoms with Gasteiger partial charge < -0.3 is 24.8 Å².